The molecule has 1 aliphatic heterocycles. The van der Waals surface area contributed by atoms with Crippen LogP contribution in [-0.4, -0.2) is 34.4 Å². The molecular weight excluding hydrogens is 310 g/mol. The van der Waals surface area contributed by atoms with Crippen LogP contribution in [0.3, 0.4) is 0 Å². The van der Waals surface area contributed by atoms with Crippen LogP contribution >= 0.6 is 0 Å². The number of aromatic hydroxyl groups is 2. The third-order valence-corrected chi connectivity index (χ3v) is 4.00. The Bertz CT molecular complexity index is 759. The van der Waals surface area contributed by atoms with Crippen LogP contribution in [-0.2, 0) is 17.6 Å². The number of aliphatic hydroxyl groups excluding tert-OH is 1. The smallest absolute Gasteiger partial charge is 0.224 e. The minimum atomic E-state index is -0.964. The first-order valence-corrected chi connectivity index (χ1v) is 7.74. The van der Waals surface area contributed by atoms with Gasteiger partial charge in [-0.05, 0) is 34.9 Å². The molecule has 4 N–H and O–H groups in total. The van der Waals surface area contributed by atoms with Gasteiger partial charge in [-0.3, -0.25) is 4.79 Å². The maximum Gasteiger partial charge on any atom is 0.224 e. The molecule has 0 bridgehead atoms. The van der Waals surface area contributed by atoms with Crippen molar-refractivity contribution in [1.29, 1.82) is 0 Å². The van der Waals surface area contributed by atoms with Gasteiger partial charge in [-0.1, -0.05) is 18.2 Å². The van der Waals surface area contributed by atoms with Crippen molar-refractivity contribution >= 4 is 5.91 Å². The molecule has 1 atom stereocenters. The maximum absolute atomic E-state index is 12.0. The largest absolute Gasteiger partial charge is 0.504 e. The third-order valence-electron chi connectivity index (χ3n) is 4.00. The summed E-state index contributed by atoms with van der Waals surface area (Å²) < 4.78 is 5.43. The normalized spacial score (nSPS) is 13.9. The number of carbonyl (C=O) groups excluding carboxylic acids is 1. The highest BCUT2D eigenvalue weighted by Gasteiger charge is 2.15. The van der Waals surface area contributed by atoms with E-state index in [4.69, 9.17) is 4.74 Å². The molecule has 0 saturated carbocycles. The predicted molar refractivity (Wildman–Crippen MR) is 87.1 cm³/mol. The summed E-state index contributed by atoms with van der Waals surface area (Å²) in [7, 11) is 0. The lowest BCUT2D eigenvalue weighted by Gasteiger charge is -2.13. The number of nitrogens with one attached hydrogen (secondary N) is 1. The Morgan fingerprint density at radius 3 is 2.79 bits per heavy atom. The lowest BCUT2D eigenvalue weighted by atomic mass is 10.1. The third kappa shape index (κ3) is 3.60. The van der Waals surface area contributed by atoms with Gasteiger partial charge in [0.05, 0.1) is 19.1 Å². The Morgan fingerprint density at radius 1 is 1.17 bits per heavy atom. The van der Waals surface area contributed by atoms with Crippen LogP contribution in [0.5, 0.6) is 17.2 Å². The van der Waals surface area contributed by atoms with E-state index in [1.54, 1.807) is 0 Å². The molecule has 1 amide bonds. The van der Waals surface area contributed by atoms with Crippen LogP contribution < -0.4 is 10.1 Å². The van der Waals surface area contributed by atoms with Gasteiger partial charge in [0, 0.05) is 13.0 Å². The molecule has 0 fully saturated rings. The van der Waals surface area contributed by atoms with Gasteiger partial charge in [-0.15, -0.1) is 0 Å². The minimum Gasteiger partial charge on any atom is -0.504 e. The molecule has 24 heavy (non-hydrogen) atoms. The topological polar surface area (TPSA) is 99.0 Å². The fraction of sp³-hybridized carbons (Fsp3) is 0.278. The summed E-state index contributed by atoms with van der Waals surface area (Å²) in [4.78, 5) is 12.0. The highest BCUT2D eigenvalue weighted by Crippen LogP contribution is 2.28. The quantitative estimate of drug-likeness (QED) is 0.622. The Hall–Kier alpha value is -2.73. The number of hydrogen-bond acceptors (Lipinski definition) is 5. The molecule has 0 aromatic heterocycles. The van der Waals surface area contributed by atoms with Crippen LogP contribution in [0.2, 0.25) is 0 Å². The van der Waals surface area contributed by atoms with E-state index in [-0.39, 0.29) is 30.4 Å². The van der Waals surface area contributed by atoms with Gasteiger partial charge >= 0.3 is 0 Å². The fourth-order valence-corrected chi connectivity index (χ4v) is 2.67. The molecule has 1 heterocycles. The van der Waals surface area contributed by atoms with Crippen molar-refractivity contribution in [3.8, 4) is 17.2 Å². The van der Waals surface area contributed by atoms with Crippen LogP contribution in [0.25, 0.3) is 0 Å². The van der Waals surface area contributed by atoms with Gasteiger partial charge in [0.25, 0.3) is 0 Å². The van der Waals surface area contributed by atoms with Gasteiger partial charge in [-0.2, -0.15) is 0 Å². The molecule has 1 unspecified atom stereocenters. The summed E-state index contributed by atoms with van der Waals surface area (Å²) in [6, 6.07) is 9.76. The zero-order valence-electron chi connectivity index (χ0n) is 13.0. The Labute approximate surface area is 139 Å². The van der Waals surface area contributed by atoms with Gasteiger partial charge in [0.15, 0.2) is 11.5 Å². The first-order chi connectivity index (χ1) is 11.5. The molecule has 3 rings (SSSR count). The zero-order chi connectivity index (χ0) is 17.1. The number of phenols is 2. The van der Waals surface area contributed by atoms with Gasteiger partial charge in [0.2, 0.25) is 5.91 Å². The number of carbonyl (C=O) groups is 1. The van der Waals surface area contributed by atoms with Crippen LogP contribution in [0.4, 0.5) is 0 Å². The standard InChI is InChI=1S/C18H19NO5/c20-14-3-2-12(9-15(14)21)16(22)10-19-18(23)8-11-1-4-17-13(7-11)5-6-24-17/h1-4,7,9,16,20-22H,5-6,8,10H2,(H,19,23). The van der Waals surface area contributed by atoms with Gasteiger partial charge in [0.1, 0.15) is 5.75 Å². The summed E-state index contributed by atoms with van der Waals surface area (Å²) in [5.41, 5.74) is 2.42. The van der Waals surface area contributed by atoms with E-state index in [9.17, 15) is 20.1 Å². The van der Waals surface area contributed by atoms with Crippen LogP contribution in [0.1, 0.15) is 22.8 Å². The summed E-state index contributed by atoms with van der Waals surface area (Å²) in [5, 5.41) is 31.4. The molecule has 0 saturated heterocycles. The molecule has 0 radical (unpaired) electrons. The van der Waals surface area contributed by atoms with Crippen molar-refractivity contribution in [2.45, 2.75) is 18.9 Å². The number of ether oxygens (including phenoxy) is 1. The molecule has 2 aromatic rings. The van der Waals surface area contributed by atoms with E-state index in [0.717, 1.165) is 23.3 Å². The number of rotatable bonds is 5. The summed E-state index contributed by atoms with van der Waals surface area (Å²) in [6.07, 6.45) is 0.114. The number of fused-ring (bicyclic) bond motifs is 1. The van der Waals surface area contributed by atoms with E-state index in [2.05, 4.69) is 5.32 Å². The highest BCUT2D eigenvalue weighted by atomic mass is 16.5. The molecule has 6 nitrogen and oxygen atoms in total. The van der Waals surface area contributed by atoms with Crippen molar-refractivity contribution in [2.24, 2.45) is 0 Å². The van der Waals surface area contributed by atoms with Crippen molar-refractivity contribution in [3.63, 3.8) is 0 Å². The SMILES string of the molecule is O=C(Cc1ccc2c(c1)CCO2)NCC(O)c1ccc(O)c(O)c1. The number of phenolic OH excluding ortho intramolecular Hbond substituents is 2. The molecule has 126 valence electrons. The fourth-order valence-electron chi connectivity index (χ4n) is 2.67. The van der Waals surface area contributed by atoms with Crippen LogP contribution in [0, 0.1) is 0 Å². The second-order valence-corrected chi connectivity index (χ2v) is 5.79. The van der Waals surface area contributed by atoms with E-state index >= 15 is 0 Å². The Kier molecular flexibility index (Phi) is 4.57. The molecule has 1 aliphatic rings. The van der Waals surface area contributed by atoms with E-state index < -0.39 is 6.10 Å². The van der Waals surface area contributed by atoms with Crippen molar-refractivity contribution in [2.75, 3.05) is 13.2 Å². The van der Waals surface area contributed by atoms with Crippen molar-refractivity contribution < 1.29 is 24.9 Å². The monoisotopic (exact) mass is 329 g/mol. The lowest BCUT2D eigenvalue weighted by Crippen LogP contribution is -2.29. The van der Waals surface area contributed by atoms with E-state index in [1.807, 2.05) is 18.2 Å². The molecule has 6 heteroatoms. The minimum absolute atomic E-state index is 0.0249. The number of benzene rings is 2. The average Bonchev–Trinajstić information content (AvgIpc) is 3.03. The number of hydrogen-bond donors (Lipinski definition) is 4. The zero-order valence-corrected chi connectivity index (χ0v) is 13.0. The number of amides is 1. The summed E-state index contributed by atoms with van der Waals surface area (Å²) >= 11 is 0. The Morgan fingerprint density at radius 2 is 2.00 bits per heavy atom. The van der Waals surface area contributed by atoms with Crippen LogP contribution in [0.15, 0.2) is 36.4 Å². The lowest BCUT2D eigenvalue weighted by molar-refractivity contribution is -0.120. The number of aliphatic hydroxyl groups is 1. The maximum atomic E-state index is 12.0. The summed E-state index contributed by atoms with van der Waals surface area (Å²) in [5.74, 6) is 0.117. The molecule has 0 aliphatic carbocycles. The molecule has 2 aromatic carbocycles. The van der Waals surface area contributed by atoms with Crippen molar-refractivity contribution in [1.82, 2.24) is 5.32 Å². The average molecular weight is 329 g/mol. The first kappa shape index (κ1) is 16.1. The van der Waals surface area contributed by atoms with E-state index in [1.165, 1.54) is 18.2 Å². The second-order valence-electron chi connectivity index (χ2n) is 5.79. The summed E-state index contributed by atoms with van der Waals surface area (Å²) in [6.45, 7) is 0.702. The highest BCUT2D eigenvalue weighted by molar-refractivity contribution is 5.78. The first-order valence-electron chi connectivity index (χ1n) is 7.74. The van der Waals surface area contributed by atoms with Gasteiger partial charge < -0.3 is 25.4 Å². The predicted octanol–water partition coefficient (Wildman–Crippen LogP) is 1.42. The van der Waals surface area contributed by atoms with E-state index in [0.29, 0.717) is 12.2 Å². The van der Waals surface area contributed by atoms with Crippen molar-refractivity contribution in [3.05, 3.63) is 53.1 Å². The molecular formula is C18H19NO5. The molecule has 0 spiro atoms. The second kappa shape index (κ2) is 6.80. The van der Waals surface area contributed by atoms with Gasteiger partial charge in [-0.25, -0.2) is 0 Å². The Balaban J connectivity index is 1.54.